The van der Waals surface area contributed by atoms with Crippen molar-refractivity contribution in [2.75, 3.05) is 18.8 Å². The van der Waals surface area contributed by atoms with Gasteiger partial charge in [-0.25, -0.2) is 8.42 Å². The van der Waals surface area contributed by atoms with Crippen LogP contribution in [0.4, 0.5) is 5.69 Å². The number of anilines is 1. The molecule has 1 aromatic rings. The highest BCUT2D eigenvalue weighted by molar-refractivity contribution is 9.11. The summed E-state index contributed by atoms with van der Waals surface area (Å²) in [6.07, 6.45) is 0.893. The Labute approximate surface area is 137 Å². The van der Waals surface area contributed by atoms with E-state index in [0.29, 0.717) is 39.6 Å². The van der Waals surface area contributed by atoms with E-state index in [1.165, 1.54) is 0 Å². The molecule has 0 saturated carbocycles. The molecule has 2 unspecified atom stereocenters. The molecule has 1 aliphatic heterocycles. The molecule has 0 aromatic heterocycles. The maximum absolute atomic E-state index is 12.8. The lowest BCUT2D eigenvalue weighted by atomic mass is 9.90. The van der Waals surface area contributed by atoms with Crippen LogP contribution in [-0.2, 0) is 10.0 Å². The van der Waals surface area contributed by atoms with Crippen LogP contribution in [0.25, 0.3) is 0 Å². The Balaban J connectivity index is 2.41. The van der Waals surface area contributed by atoms with Crippen molar-refractivity contribution < 1.29 is 8.42 Å². The van der Waals surface area contributed by atoms with Crippen LogP contribution in [0.15, 0.2) is 26.0 Å². The van der Waals surface area contributed by atoms with Crippen molar-refractivity contribution >= 4 is 47.6 Å². The van der Waals surface area contributed by atoms with Crippen molar-refractivity contribution in [3.8, 4) is 0 Å². The quantitative estimate of drug-likeness (QED) is 0.738. The molecule has 2 atom stereocenters. The van der Waals surface area contributed by atoms with Gasteiger partial charge in [-0.05, 0) is 62.2 Å². The first-order valence-corrected chi connectivity index (χ1v) is 9.50. The minimum absolute atomic E-state index is 0.258. The first-order chi connectivity index (χ1) is 9.23. The number of sulfonamides is 1. The fourth-order valence-corrected chi connectivity index (χ4v) is 6.49. The van der Waals surface area contributed by atoms with Gasteiger partial charge in [0.2, 0.25) is 10.0 Å². The number of rotatable bonds is 2. The Morgan fingerprint density at radius 1 is 1.20 bits per heavy atom. The molecule has 0 bridgehead atoms. The van der Waals surface area contributed by atoms with Gasteiger partial charge >= 0.3 is 0 Å². The number of nitrogens with zero attached hydrogens (tertiary/aromatic N) is 1. The second-order valence-corrected chi connectivity index (χ2v) is 9.00. The highest BCUT2D eigenvalue weighted by atomic mass is 79.9. The van der Waals surface area contributed by atoms with Gasteiger partial charge in [0.1, 0.15) is 4.90 Å². The van der Waals surface area contributed by atoms with E-state index in [1.54, 1.807) is 16.4 Å². The molecular formula is C13H18Br2N2O2S. The molecule has 0 spiro atoms. The molecule has 0 amide bonds. The van der Waals surface area contributed by atoms with Crippen LogP contribution >= 0.6 is 31.9 Å². The number of hydrogen-bond acceptors (Lipinski definition) is 3. The molecule has 20 heavy (non-hydrogen) atoms. The van der Waals surface area contributed by atoms with Gasteiger partial charge in [0.05, 0.1) is 0 Å². The van der Waals surface area contributed by atoms with E-state index >= 15 is 0 Å². The average Bonchev–Trinajstić information content (AvgIpc) is 2.30. The third-order valence-corrected chi connectivity index (χ3v) is 7.66. The van der Waals surface area contributed by atoms with Crippen LogP contribution < -0.4 is 5.73 Å². The Morgan fingerprint density at radius 2 is 1.75 bits per heavy atom. The summed E-state index contributed by atoms with van der Waals surface area (Å²) < 4.78 is 28.2. The van der Waals surface area contributed by atoms with Gasteiger partial charge in [-0.2, -0.15) is 4.31 Å². The molecule has 112 valence electrons. The summed E-state index contributed by atoms with van der Waals surface area (Å²) in [4.78, 5) is 0.258. The van der Waals surface area contributed by atoms with Crippen molar-refractivity contribution in [3.05, 3.63) is 21.1 Å². The Kier molecular flexibility index (Phi) is 4.83. The number of nitrogen functional groups attached to an aromatic ring is 1. The number of nitrogens with two attached hydrogens (primary N) is 1. The Hall–Kier alpha value is -0.110. The normalized spacial score (nSPS) is 24.8. The SMILES string of the molecule is CC1CCN(S(=O)(=O)c2c(Br)cc(N)cc2Br)CC1C. The zero-order valence-electron chi connectivity index (χ0n) is 11.4. The maximum Gasteiger partial charge on any atom is 0.245 e. The van der Waals surface area contributed by atoms with E-state index in [0.717, 1.165) is 6.42 Å². The summed E-state index contributed by atoms with van der Waals surface area (Å²) >= 11 is 6.62. The van der Waals surface area contributed by atoms with Gasteiger partial charge in [0.25, 0.3) is 0 Å². The zero-order chi connectivity index (χ0) is 15.1. The molecule has 1 heterocycles. The molecule has 7 heteroatoms. The van der Waals surface area contributed by atoms with Gasteiger partial charge < -0.3 is 5.73 Å². The summed E-state index contributed by atoms with van der Waals surface area (Å²) in [5.41, 5.74) is 6.24. The van der Waals surface area contributed by atoms with E-state index in [9.17, 15) is 8.42 Å². The molecule has 2 rings (SSSR count). The molecule has 0 radical (unpaired) electrons. The highest BCUT2D eigenvalue weighted by Gasteiger charge is 2.34. The van der Waals surface area contributed by atoms with Crippen LogP contribution in [0, 0.1) is 11.8 Å². The fraction of sp³-hybridized carbons (Fsp3) is 0.538. The van der Waals surface area contributed by atoms with Crippen LogP contribution in [0.5, 0.6) is 0 Å². The number of benzene rings is 1. The Bertz CT molecular complexity index is 596. The molecule has 0 aliphatic carbocycles. The first kappa shape index (κ1) is 16.3. The second kappa shape index (κ2) is 5.94. The van der Waals surface area contributed by atoms with E-state index in [1.807, 2.05) is 0 Å². The van der Waals surface area contributed by atoms with Gasteiger partial charge in [-0.15, -0.1) is 0 Å². The van der Waals surface area contributed by atoms with Crippen LogP contribution in [0.2, 0.25) is 0 Å². The minimum atomic E-state index is -3.51. The van der Waals surface area contributed by atoms with E-state index in [-0.39, 0.29) is 4.90 Å². The van der Waals surface area contributed by atoms with Crippen molar-refractivity contribution in [2.45, 2.75) is 25.2 Å². The van der Waals surface area contributed by atoms with Crippen molar-refractivity contribution in [2.24, 2.45) is 11.8 Å². The maximum atomic E-state index is 12.8. The smallest absolute Gasteiger partial charge is 0.245 e. The summed E-state index contributed by atoms with van der Waals surface area (Å²) in [6.45, 7) is 5.40. The zero-order valence-corrected chi connectivity index (χ0v) is 15.4. The third-order valence-electron chi connectivity index (χ3n) is 3.92. The summed E-state index contributed by atoms with van der Waals surface area (Å²) in [7, 11) is -3.51. The topological polar surface area (TPSA) is 63.4 Å². The van der Waals surface area contributed by atoms with E-state index in [2.05, 4.69) is 45.7 Å². The molecule has 1 fully saturated rings. The molecule has 4 nitrogen and oxygen atoms in total. The predicted molar refractivity (Wildman–Crippen MR) is 88.0 cm³/mol. The van der Waals surface area contributed by atoms with Crippen molar-refractivity contribution in [1.29, 1.82) is 0 Å². The number of halogens is 2. The lowest BCUT2D eigenvalue weighted by Gasteiger charge is -2.34. The molecule has 1 aliphatic rings. The number of hydrogen-bond donors (Lipinski definition) is 1. The summed E-state index contributed by atoms with van der Waals surface area (Å²) in [5, 5.41) is 0. The second-order valence-electron chi connectivity index (χ2n) is 5.42. The van der Waals surface area contributed by atoms with Crippen LogP contribution in [-0.4, -0.2) is 25.8 Å². The summed E-state index contributed by atoms with van der Waals surface area (Å²) in [6, 6.07) is 3.24. The van der Waals surface area contributed by atoms with E-state index in [4.69, 9.17) is 5.73 Å². The lowest BCUT2D eigenvalue weighted by molar-refractivity contribution is 0.212. The molecule has 2 N–H and O–H groups in total. The molecule has 1 saturated heterocycles. The van der Waals surface area contributed by atoms with E-state index < -0.39 is 10.0 Å². The first-order valence-electron chi connectivity index (χ1n) is 6.48. The largest absolute Gasteiger partial charge is 0.399 e. The van der Waals surface area contributed by atoms with Crippen LogP contribution in [0.3, 0.4) is 0 Å². The predicted octanol–water partition coefficient (Wildman–Crippen LogP) is 3.46. The summed E-state index contributed by atoms with van der Waals surface area (Å²) in [5.74, 6) is 0.921. The van der Waals surface area contributed by atoms with Crippen molar-refractivity contribution in [1.82, 2.24) is 4.31 Å². The molecule has 1 aromatic carbocycles. The average molecular weight is 426 g/mol. The Morgan fingerprint density at radius 3 is 2.25 bits per heavy atom. The highest BCUT2D eigenvalue weighted by Crippen LogP contribution is 2.36. The van der Waals surface area contributed by atoms with Gasteiger partial charge in [-0.1, -0.05) is 13.8 Å². The third kappa shape index (κ3) is 3.05. The standard InChI is InChI=1S/C13H18Br2N2O2S/c1-8-3-4-17(7-9(8)2)20(18,19)13-11(14)5-10(16)6-12(13)15/h5-6,8-9H,3-4,7,16H2,1-2H3. The number of piperidine rings is 1. The fourth-order valence-electron chi connectivity index (χ4n) is 2.40. The monoisotopic (exact) mass is 424 g/mol. The lowest BCUT2D eigenvalue weighted by Crippen LogP contribution is -2.42. The van der Waals surface area contributed by atoms with Crippen LogP contribution in [0.1, 0.15) is 20.3 Å². The van der Waals surface area contributed by atoms with Gasteiger partial charge in [-0.3, -0.25) is 0 Å². The van der Waals surface area contributed by atoms with Gasteiger partial charge in [0, 0.05) is 27.7 Å². The van der Waals surface area contributed by atoms with Crippen molar-refractivity contribution in [3.63, 3.8) is 0 Å². The molecular weight excluding hydrogens is 408 g/mol. The van der Waals surface area contributed by atoms with Gasteiger partial charge in [0.15, 0.2) is 0 Å². The minimum Gasteiger partial charge on any atom is -0.399 e.